The Morgan fingerprint density at radius 2 is 2.16 bits per heavy atom. The zero-order valence-corrected chi connectivity index (χ0v) is 11.3. The Kier molecular flexibility index (Phi) is 2.78. The van der Waals surface area contributed by atoms with Crippen molar-refractivity contribution >= 4 is 0 Å². The summed E-state index contributed by atoms with van der Waals surface area (Å²) in [4.78, 5) is 0. The molecule has 1 aromatic carbocycles. The van der Waals surface area contributed by atoms with Gasteiger partial charge < -0.3 is 14.8 Å². The summed E-state index contributed by atoms with van der Waals surface area (Å²) < 4.78 is 11.2. The van der Waals surface area contributed by atoms with Crippen LogP contribution in [0.25, 0.3) is 0 Å². The second kappa shape index (κ2) is 4.50. The summed E-state index contributed by atoms with van der Waals surface area (Å²) >= 11 is 0. The minimum absolute atomic E-state index is 0.206. The van der Waals surface area contributed by atoms with Gasteiger partial charge >= 0.3 is 0 Å². The standard InChI is InChI=1S/C16H21NO2/c1-2-7-17-15(3-1)16(10-18-11-16)13-4-5-14-12(9-13)6-8-19-14/h4-5,9,15,17H,1-3,6-8,10-11H2. The van der Waals surface area contributed by atoms with Crippen LogP contribution in [0.5, 0.6) is 5.75 Å². The van der Waals surface area contributed by atoms with E-state index in [1.54, 1.807) is 0 Å². The zero-order chi connectivity index (χ0) is 12.7. The molecule has 3 heterocycles. The molecule has 3 nitrogen and oxygen atoms in total. The minimum Gasteiger partial charge on any atom is -0.493 e. The van der Waals surface area contributed by atoms with Crippen molar-refractivity contribution in [3.8, 4) is 5.75 Å². The zero-order valence-electron chi connectivity index (χ0n) is 11.3. The van der Waals surface area contributed by atoms with Gasteiger partial charge in [-0.15, -0.1) is 0 Å². The maximum Gasteiger partial charge on any atom is 0.122 e. The summed E-state index contributed by atoms with van der Waals surface area (Å²) in [6.07, 6.45) is 4.98. The van der Waals surface area contributed by atoms with Crippen molar-refractivity contribution in [2.24, 2.45) is 0 Å². The fraction of sp³-hybridized carbons (Fsp3) is 0.625. The van der Waals surface area contributed by atoms with Gasteiger partial charge in [-0.2, -0.15) is 0 Å². The Morgan fingerprint density at radius 3 is 2.89 bits per heavy atom. The van der Waals surface area contributed by atoms with E-state index in [-0.39, 0.29) is 5.41 Å². The van der Waals surface area contributed by atoms with Gasteiger partial charge in [0.2, 0.25) is 0 Å². The summed E-state index contributed by atoms with van der Waals surface area (Å²) in [6, 6.07) is 7.35. The molecule has 1 aromatic rings. The van der Waals surface area contributed by atoms with Crippen molar-refractivity contribution in [1.82, 2.24) is 5.32 Å². The highest BCUT2D eigenvalue weighted by atomic mass is 16.5. The Labute approximate surface area is 114 Å². The number of hydrogen-bond donors (Lipinski definition) is 1. The van der Waals surface area contributed by atoms with Crippen LogP contribution in [-0.2, 0) is 16.6 Å². The molecule has 102 valence electrons. The van der Waals surface area contributed by atoms with E-state index in [4.69, 9.17) is 9.47 Å². The predicted molar refractivity (Wildman–Crippen MR) is 73.8 cm³/mol. The number of hydrogen-bond acceptors (Lipinski definition) is 3. The molecule has 3 aliphatic heterocycles. The molecule has 0 radical (unpaired) electrons. The maximum atomic E-state index is 5.62. The number of nitrogens with one attached hydrogen (secondary N) is 1. The summed E-state index contributed by atoms with van der Waals surface area (Å²) in [5.41, 5.74) is 3.03. The number of ether oxygens (including phenoxy) is 2. The van der Waals surface area contributed by atoms with E-state index in [0.717, 1.165) is 38.5 Å². The highest BCUT2D eigenvalue weighted by Crippen LogP contribution is 2.41. The van der Waals surface area contributed by atoms with Crippen LogP contribution in [0.15, 0.2) is 18.2 Å². The van der Waals surface area contributed by atoms with Gasteiger partial charge in [-0.3, -0.25) is 0 Å². The van der Waals surface area contributed by atoms with E-state index >= 15 is 0 Å². The van der Waals surface area contributed by atoms with Gasteiger partial charge in [-0.05, 0) is 36.6 Å². The first-order valence-corrected chi connectivity index (χ1v) is 7.46. The van der Waals surface area contributed by atoms with Gasteiger partial charge in [0.15, 0.2) is 0 Å². The molecule has 2 saturated heterocycles. The number of piperidine rings is 1. The Morgan fingerprint density at radius 1 is 1.21 bits per heavy atom. The molecule has 3 heteroatoms. The van der Waals surface area contributed by atoms with Gasteiger partial charge in [0.25, 0.3) is 0 Å². The molecular weight excluding hydrogens is 238 g/mol. The summed E-state index contributed by atoms with van der Waals surface area (Å²) in [5.74, 6) is 1.08. The molecule has 2 fully saturated rings. The van der Waals surface area contributed by atoms with Gasteiger partial charge in [-0.25, -0.2) is 0 Å². The fourth-order valence-corrected chi connectivity index (χ4v) is 3.71. The summed E-state index contributed by atoms with van der Waals surface area (Å²) in [7, 11) is 0. The smallest absolute Gasteiger partial charge is 0.122 e. The average Bonchev–Trinajstić information content (AvgIpc) is 2.86. The van der Waals surface area contributed by atoms with Gasteiger partial charge in [0.05, 0.1) is 25.2 Å². The monoisotopic (exact) mass is 259 g/mol. The molecule has 0 aromatic heterocycles. The Hall–Kier alpha value is -1.06. The van der Waals surface area contributed by atoms with Crippen LogP contribution in [0.2, 0.25) is 0 Å². The first kappa shape index (κ1) is 11.7. The van der Waals surface area contributed by atoms with E-state index in [0.29, 0.717) is 6.04 Å². The Bertz CT molecular complexity index is 476. The van der Waals surface area contributed by atoms with Gasteiger partial charge in [0, 0.05) is 12.5 Å². The number of benzene rings is 1. The minimum atomic E-state index is 0.206. The van der Waals surface area contributed by atoms with Crippen LogP contribution >= 0.6 is 0 Å². The van der Waals surface area contributed by atoms with Gasteiger partial charge in [0.1, 0.15) is 5.75 Å². The van der Waals surface area contributed by atoms with Crippen LogP contribution < -0.4 is 10.1 Å². The summed E-state index contributed by atoms with van der Waals surface area (Å²) in [5, 5.41) is 3.72. The van der Waals surface area contributed by atoms with Crippen LogP contribution in [0.4, 0.5) is 0 Å². The lowest BCUT2D eigenvalue weighted by atomic mass is 9.69. The maximum absolute atomic E-state index is 5.62. The molecular formula is C16H21NO2. The van der Waals surface area contributed by atoms with E-state index in [2.05, 4.69) is 23.5 Å². The predicted octanol–water partition coefficient (Wildman–Crippen LogP) is 2.03. The van der Waals surface area contributed by atoms with E-state index in [9.17, 15) is 0 Å². The van der Waals surface area contributed by atoms with Crippen molar-refractivity contribution in [1.29, 1.82) is 0 Å². The lowest BCUT2D eigenvalue weighted by Gasteiger charge is -2.49. The van der Waals surface area contributed by atoms with Crippen molar-refractivity contribution in [3.05, 3.63) is 29.3 Å². The van der Waals surface area contributed by atoms with Crippen molar-refractivity contribution in [2.75, 3.05) is 26.4 Å². The van der Waals surface area contributed by atoms with Crippen LogP contribution in [-0.4, -0.2) is 32.4 Å². The van der Waals surface area contributed by atoms with Crippen molar-refractivity contribution < 1.29 is 9.47 Å². The molecule has 4 rings (SSSR count). The average molecular weight is 259 g/mol. The normalized spacial score (nSPS) is 28.3. The molecule has 0 bridgehead atoms. The third-order valence-electron chi connectivity index (χ3n) is 4.96. The molecule has 0 amide bonds. The highest BCUT2D eigenvalue weighted by Gasteiger charge is 2.47. The van der Waals surface area contributed by atoms with Crippen molar-refractivity contribution in [3.63, 3.8) is 0 Å². The molecule has 19 heavy (non-hydrogen) atoms. The molecule has 3 aliphatic rings. The Balaban J connectivity index is 1.68. The molecule has 1 N–H and O–H groups in total. The molecule has 0 saturated carbocycles. The first-order valence-electron chi connectivity index (χ1n) is 7.46. The lowest BCUT2D eigenvalue weighted by molar-refractivity contribution is -0.0827. The molecule has 1 unspecified atom stereocenters. The van der Waals surface area contributed by atoms with Crippen LogP contribution in [0.3, 0.4) is 0 Å². The lowest BCUT2D eigenvalue weighted by Crippen LogP contribution is -2.61. The molecule has 1 atom stereocenters. The second-order valence-electron chi connectivity index (χ2n) is 6.07. The first-order chi connectivity index (χ1) is 9.38. The third kappa shape index (κ3) is 1.79. The van der Waals surface area contributed by atoms with Crippen LogP contribution in [0.1, 0.15) is 30.4 Å². The number of rotatable bonds is 2. The van der Waals surface area contributed by atoms with E-state index < -0.39 is 0 Å². The highest BCUT2D eigenvalue weighted by molar-refractivity contribution is 5.44. The van der Waals surface area contributed by atoms with E-state index in [1.807, 2.05) is 0 Å². The van der Waals surface area contributed by atoms with Crippen molar-refractivity contribution in [2.45, 2.75) is 37.1 Å². The molecule has 0 aliphatic carbocycles. The largest absolute Gasteiger partial charge is 0.493 e. The second-order valence-corrected chi connectivity index (χ2v) is 6.07. The van der Waals surface area contributed by atoms with E-state index in [1.165, 1.54) is 30.4 Å². The summed E-state index contributed by atoms with van der Waals surface area (Å²) in [6.45, 7) is 3.72. The molecule has 0 spiro atoms. The fourth-order valence-electron chi connectivity index (χ4n) is 3.71. The number of fused-ring (bicyclic) bond motifs is 1. The third-order valence-corrected chi connectivity index (χ3v) is 4.96. The van der Waals surface area contributed by atoms with Gasteiger partial charge in [-0.1, -0.05) is 18.6 Å². The SMILES string of the molecule is c1cc2c(cc1C1(C3CCCCN3)COC1)CCO2. The van der Waals surface area contributed by atoms with Crippen LogP contribution in [0, 0.1) is 0 Å². The topological polar surface area (TPSA) is 30.5 Å². The quantitative estimate of drug-likeness (QED) is 0.881.